The maximum absolute atomic E-state index is 4.62. The van der Waals surface area contributed by atoms with Gasteiger partial charge in [-0.1, -0.05) is 72.3 Å². The van der Waals surface area contributed by atoms with Crippen LogP contribution in [0.1, 0.15) is 22.3 Å². The normalized spacial score (nSPS) is 13.6. The zero-order valence-corrected chi connectivity index (χ0v) is 15.0. The molecule has 0 saturated carbocycles. The Bertz CT molecular complexity index is 920. The van der Waals surface area contributed by atoms with Gasteiger partial charge in [0.2, 0.25) is 0 Å². The first-order valence-corrected chi connectivity index (χ1v) is 8.99. The molecule has 1 aliphatic heterocycles. The highest BCUT2D eigenvalue weighted by Gasteiger charge is 2.09. The van der Waals surface area contributed by atoms with E-state index >= 15 is 0 Å². The van der Waals surface area contributed by atoms with Crippen molar-refractivity contribution in [2.45, 2.75) is 13.3 Å². The van der Waals surface area contributed by atoms with Crippen LogP contribution in [0.4, 0.5) is 5.69 Å². The van der Waals surface area contributed by atoms with E-state index in [2.05, 4.69) is 83.6 Å². The molecule has 3 aromatic carbocycles. The summed E-state index contributed by atoms with van der Waals surface area (Å²) in [5.74, 6) is 0. The Hall–Kier alpha value is -3.13. The zero-order chi connectivity index (χ0) is 17.8. The Morgan fingerprint density at radius 2 is 1.46 bits per heavy atom. The lowest BCUT2D eigenvalue weighted by atomic mass is 10.0. The lowest BCUT2D eigenvalue weighted by Crippen LogP contribution is -2.23. The number of benzene rings is 3. The Morgan fingerprint density at radius 3 is 2.08 bits per heavy atom. The van der Waals surface area contributed by atoms with Gasteiger partial charge in [0.1, 0.15) is 0 Å². The highest BCUT2D eigenvalue weighted by Crippen LogP contribution is 2.22. The molecule has 0 unspecified atom stereocenters. The first-order chi connectivity index (χ1) is 12.8. The first-order valence-electron chi connectivity index (χ1n) is 8.99. The highest BCUT2D eigenvalue weighted by atomic mass is 15.2. The standard InChI is InChI=1S/C24H22N2/c1-19-7-9-20(10-8-19)17-21-11-13-23(14-12-21)26-16-15-24(25-18-26)22-5-3-2-4-6-22/h2-15,18H,16-17H2,1H3. The summed E-state index contributed by atoms with van der Waals surface area (Å²) in [7, 11) is 0. The van der Waals surface area contributed by atoms with Crippen LogP contribution in [0.15, 0.2) is 89.9 Å². The fourth-order valence-electron chi connectivity index (χ4n) is 3.14. The van der Waals surface area contributed by atoms with Crippen LogP contribution in [-0.2, 0) is 6.42 Å². The average molecular weight is 338 g/mol. The molecule has 0 spiro atoms. The van der Waals surface area contributed by atoms with Crippen molar-refractivity contribution in [1.29, 1.82) is 0 Å². The van der Waals surface area contributed by atoms with Crippen molar-refractivity contribution >= 4 is 17.7 Å². The van der Waals surface area contributed by atoms with Crippen LogP contribution in [0, 0.1) is 6.92 Å². The van der Waals surface area contributed by atoms with E-state index in [1.54, 1.807) is 0 Å². The van der Waals surface area contributed by atoms with Crippen LogP contribution in [-0.4, -0.2) is 12.9 Å². The SMILES string of the molecule is Cc1ccc(Cc2ccc(N3C=NC(c4ccccc4)=CC3)cc2)cc1. The second-order valence-electron chi connectivity index (χ2n) is 6.68. The molecule has 26 heavy (non-hydrogen) atoms. The number of aryl methyl sites for hydroxylation is 1. The van der Waals surface area contributed by atoms with E-state index in [4.69, 9.17) is 0 Å². The summed E-state index contributed by atoms with van der Waals surface area (Å²) < 4.78 is 0. The molecule has 1 heterocycles. The highest BCUT2D eigenvalue weighted by molar-refractivity contribution is 5.87. The first kappa shape index (κ1) is 16.3. The fourth-order valence-corrected chi connectivity index (χ4v) is 3.14. The Morgan fingerprint density at radius 1 is 0.808 bits per heavy atom. The second kappa shape index (κ2) is 7.40. The Kier molecular flexibility index (Phi) is 4.65. The fraction of sp³-hybridized carbons (Fsp3) is 0.125. The van der Waals surface area contributed by atoms with Crippen molar-refractivity contribution in [1.82, 2.24) is 0 Å². The van der Waals surface area contributed by atoms with E-state index in [-0.39, 0.29) is 0 Å². The summed E-state index contributed by atoms with van der Waals surface area (Å²) in [6, 6.07) is 27.8. The summed E-state index contributed by atoms with van der Waals surface area (Å²) in [5.41, 5.74) is 7.35. The van der Waals surface area contributed by atoms with Crippen LogP contribution in [0.5, 0.6) is 0 Å². The molecule has 0 aromatic heterocycles. The molecule has 2 heteroatoms. The van der Waals surface area contributed by atoms with Gasteiger partial charge < -0.3 is 4.90 Å². The molecule has 2 nitrogen and oxygen atoms in total. The summed E-state index contributed by atoms with van der Waals surface area (Å²) in [6.45, 7) is 2.96. The molecule has 0 bridgehead atoms. The quantitative estimate of drug-likeness (QED) is 0.615. The maximum atomic E-state index is 4.62. The summed E-state index contributed by atoms with van der Waals surface area (Å²) in [5, 5.41) is 0. The van der Waals surface area contributed by atoms with Crippen LogP contribution in [0.25, 0.3) is 5.70 Å². The Labute approximate surface area is 155 Å². The minimum Gasteiger partial charge on any atom is -0.328 e. The van der Waals surface area contributed by atoms with E-state index in [0.717, 1.165) is 24.2 Å². The molecule has 0 atom stereocenters. The summed E-state index contributed by atoms with van der Waals surface area (Å²) in [4.78, 5) is 6.79. The van der Waals surface area contributed by atoms with Gasteiger partial charge in [-0.25, -0.2) is 4.99 Å². The van der Waals surface area contributed by atoms with Gasteiger partial charge >= 0.3 is 0 Å². The van der Waals surface area contributed by atoms with Crippen LogP contribution in [0.3, 0.4) is 0 Å². The molecule has 1 aliphatic rings. The van der Waals surface area contributed by atoms with E-state index in [9.17, 15) is 0 Å². The molecule has 4 rings (SSSR count). The van der Waals surface area contributed by atoms with Gasteiger partial charge in [-0.2, -0.15) is 0 Å². The van der Waals surface area contributed by atoms with Gasteiger partial charge in [-0.05, 0) is 48.2 Å². The minimum atomic E-state index is 0.838. The van der Waals surface area contributed by atoms with Crippen molar-refractivity contribution in [3.63, 3.8) is 0 Å². The van der Waals surface area contributed by atoms with Gasteiger partial charge in [-0.15, -0.1) is 0 Å². The number of aliphatic imine (C=N–C) groups is 1. The molecule has 128 valence electrons. The van der Waals surface area contributed by atoms with Crippen molar-refractivity contribution in [3.8, 4) is 0 Å². The van der Waals surface area contributed by atoms with Gasteiger partial charge in [0.25, 0.3) is 0 Å². The molecule has 0 N–H and O–H groups in total. The van der Waals surface area contributed by atoms with Gasteiger partial charge in [-0.3, -0.25) is 0 Å². The van der Waals surface area contributed by atoms with Crippen molar-refractivity contribution in [3.05, 3.63) is 107 Å². The minimum absolute atomic E-state index is 0.838. The number of nitrogens with zero attached hydrogens (tertiary/aromatic N) is 2. The van der Waals surface area contributed by atoms with E-state index < -0.39 is 0 Å². The third-order valence-electron chi connectivity index (χ3n) is 4.68. The largest absolute Gasteiger partial charge is 0.328 e. The molecular formula is C24H22N2. The summed E-state index contributed by atoms with van der Waals surface area (Å²) >= 11 is 0. The number of rotatable bonds is 4. The molecule has 3 aromatic rings. The van der Waals surface area contributed by atoms with Gasteiger partial charge in [0, 0.05) is 12.2 Å². The smallest absolute Gasteiger partial charge is 0.0959 e. The van der Waals surface area contributed by atoms with Crippen molar-refractivity contribution in [2.75, 3.05) is 11.4 Å². The number of hydrogen-bond acceptors (Lipinski definition) is 2. The lowest BCUT2D eigenvalue weighted by molar-refractivity contribution is 1.12. The molecule has 0 aliphatic carbocycles. The third kappa shape index (κ3) is 3.75. The third-order valence-corrected chi connectivity index (χ3v) is 4.68. The number of hydrogen-bond donors (Lipinski definition) is 0. The predicted octanol–water partition coefficient (Wildman–Crippen LogP) is 5.48. The summed E-state index contributed by atoms with van der Waals surface area (Å²) in [6.07, 6.45) is 5.07. The topological polar surface area (TPSA) is 15.6 Å². The number of anilines is 1. The van der Waals surface area contributed by atoms with E-state index in [1.807, 2.05) is 24.5 Å². The van der Waals surface area contributed by atoms with Crippen LogP contribution < -0.4 is 4.90 Å². The lowest BCUT2D eigenvalue weighted by Gasteiger charge is -2.22. The van der Waals surface area contributed by atoms with Crippen LogP contribution >= 0.6 is 0 Å². The molecule has 0 radical (unpaired) electrons. The zero-order valence-electron chi connectivity index (χ0n) is 15.0. The maximum Gasteiger partial charge on any atom is 0.0959 e. The average Bonchev–Trinajstić information content (AvgIpc) is 2.71. The molecule has 0 saturated heterocycles. The molecular weight excluding hydrogens is 316 g/mol. The van der Waals surface area contributed by atoms with E-state index in [0.29, 0.717) is 0 Å². The Balaban J connectivity index is 1.42. The van der Waals surface area contributed by atoms with Gasteiger partial charge in [0.15, 0.2) is 0 Å². The van der Waals surface area contributed by atoms with E-state index in [1.165, 1.54) is 22.4 Å². The molecule has 0 amide bonds. The van der Waals surface area contributed by atoms with Crippen molar-refractivity contribution in [2.24, 2.45) is 4.99 Å². The monoisotopic (exact) mass is 338 g/mol. The predicted molar refractivity (Wildman–Crippen MR) is 111 cm³/mol. The van der Waals surface area contributed by atoms with Crippen molar-refractivity contribution < 1.29 is 0 Å². The van der Waals surface area contributed by atoms with Crippen LogP contribution in [0.2, 0.25) is 0 Å². The van der Waals surface area contributed by atoms with Gasteiger partial charge in [0.05, 0.1) is 12.0 Å². The molecule has 0 fully saturated rings. The second-order valence-corrected chi connectivity index (χ2v) is 6.68.